The van der Waals surface area contributed by atoms with Crippen LogP contribution in [0.25, 0.3) is 0 Å². The fraction of sp³-hybridized carbons (Fsp3) is 0.750. The molecule has 0 aromatic carbocycles. The van der Waals surface area contributed by atoms with Crippen molar-refractivity contribution in [3.63, 3.8) is 0 Å². The van der Waals surface area contributed by atoms with Gasteiger partial charge in [0.05, 0.1) is 6.21 Å². The van der Waals surface area contributed by atoms with Crippen molar-refractivity contribution in [3.8, 4) is 0 Å². The highest BCUT2D eigenvalue weighted by Gasteiger charge is 2.00. The molecule has 0 radical (unpaired) electrons. The van der Waals surface area contributed by atoms with Crippen molar-refractivity contribution >= 4 is 12.1 Å². The van der Waals surface area contributed by atoms with Gasteiger partial charge in [-0.2, -0.15) is 0 Å². The summed E-state index contributed by atoms with van der Waals surface area (Å²) in [6, 6.07) is 0. The fourth-order valence-electron chi connectivity index (χ4n) is 0.837. The third kappa shape index (κ3) is 4.08. The van der Waals surface area contributed by atoms with E-state index in [0.29, 0.717) is 0 Å². The van der Waals surface area contributed by atoms with Crippen LogP contribution in [0.1, 0.15) is 0 Å². The molecule has 1 N–H and O–H groups in total. The van der Waals surface area contributed by atoms with E-state index in [4.69, 9.17) is 0 Å². The van der Waals surface area contributed by atoms with Crippen LogP contribution >= 0.6 is 0 Å². The Kier molecular flexibility index (Phi) is 6.28. The topological polar surface area (TPSA) is 40.0 Å². The van der Waals surface area contributed by atoms with Gasteiger partial charge in [0, 0.05) is 34.2 Å². The predicted octanol–water partition coefficient (Wildman–Crippen LogP) is -0.133. The third-order valence-electron chi connectivity index (χ3n) is 1.56. The van der Waals surface area contributed by atoms with E-state index < -0.39 is 0 Å². The Balaban J connectivity index is 3.95. The van der Waals surface area contributed by atoms with Gasteiger partial charge in [0.2, 0.25) is 0 Å². The number of hydrogen-bond acceptors (Lipinski definition) is 3. The molecule has 0 heterocycles. The molecule has 70 valence electrons. The van der Waals surface area contributed by atoms with Crippen LogP contribution in [0.3, 0.4) is 0 Å². The van der Waals surface area contributed by atoms with Gasteiger partial charge in [-0.05, 0) is 7.05 Å². The number of nitrogens with one attached hydrogen (secondary N) is 1. The quantitative estimate of drug-likeness (QED) is 0.471. The molecule has 0 aromatic heterocycles. The Morgan fingerprint density at radius 3 is 2.58 bits per heavy atom. The molecule has 0 saturated heterocycles. The van der Waals surface area contributed by atoms with Crippen molar-refractivity contribution < 1.29 is 0 Å². The molecule has 0 rings (SSSR count). The van der Waals surface area contributed by atoms with Gasteiger partial charge in [-0.15, -0.1) is 0 Å². The van der Waals surface area contributed by atoms with Crippen LogP contribution in [0.15, 0.2) is 9.98 Å². The van der Waals surface area contributed by atoms with Crippen LogP contribution in [0.5, 0.6) is 0 Å². The molecule has 4 heteroatoms. The highest BCUT2D eigenvalue weighted by molar-refractivity contribution is 6.29. The molecule has 0 fully saturated rings. The second-order valence-corrected chi connectivity index (χ2v) is 2.49. The summed E-state index contributed by atoms with van der Waals surface area (Å²) in [6.07, 6.45) is 1.76. The first-order valence-corrected chi connectivity index (χ1v) is 4.01. The van der Waals surface area contributed by atoms with Gasteiger partial charge in [-0.25, -0.2) is 0 Å². The number of hydrogen-bond donors (Lipinski definition) is 1. The zero-order chi connectivity index (χ0) is 9.40. The average molecular weight is 170 g/mol. The molecule has 0 bridgehead atoms. The lowest BCUT2D eigenvalue weighted by molar-refractivity contribution is 0.500. The lowest BCUT2D eigenvalue weighted by Crippen LogP contribution is -2.33. The maximum atomic E-state index is 4.10. The molecular formula is C8H18N4. The molecule has 0 aromatic rings. The van der Waals surface area contributed by atoms with Gasteiger partial charge in [0.25, 0.3) is 0 Å². The molecule has 0 saturated carbocycles. The molecule has 0 spiro atoms. The lowest BCUT2D eigenvalue weighted by Gasteiger charge is -2.17. The summed E-state index contributed by atoms with van der Waals surface area (Å²) in [7, 11) is 7.45. The van der Waals surface area contributed by atoms with Crippen LogP contribution in [0.2, 0.25) is 0 Å². The van der Waals surface area contributed by atoms with E-state index in [9.17, 15) is 0 Å². The normalized spacial score (nSPS) is 12.5. The Hall–Kier alpha value is -0.900. The van der Waals surface area contributed by atoms with E-state index in [1.165, 1.54) is 0 Å². The predicted molar refractivity (Wildman–Crippen MR) is 54.3 cm³/mol. The van der Waals surface area contributed by atoms with Crippen LogP contribution < -0.4 is 5.32 Å². The van der Waals surface area contributed by atoms with E-state index >= 15 is 0 Å². The first-order valence-electron chi connectivity index (χ1n) is 4.01. The SMILES string of the molecule is CN=CC(=NC)N(C)CCNC. The van der Waals surface area contributed by atoms with Crippen molar-refractivity contribution in [2.75, 3.05) is 41.3 Å². The standard InChI is InChI=1S/C8H18N4/c1-9-5-6-12(4)8(11-3)7-10-2/h7,9H,5-6H2,1-4H3. The van der Waals surface area contributed by atoms with Crippen LogP contribution in [-0.4, -0.2) is 58.2 Å². The van der Waals surface area contributed by atoms with Crippen molar-refractivity contribution in [1.82, 2.24) is 10.2 Å². The van der Waals surface area contributed by atoms with Crippen molar-refractivity contribution in [3.05, 3.63) is 0 Å². The second-order valence-electron chi connectivity index (χ2n) is 2.49. The zero-order valence-electron chi connectivity index (χ0n) is 8.33. The molecule has 0 aliphatic heterocycles. The van der Waals surface area contributed by atoms with Crippen molar-refractivity contribution in [1.29, 1.82) is 0 Å². The largest absolute Gasteiger partial charge is 0.357 e. The number of aliphatic imine (C=N–C) groups is 2. The highest BCUT2D eigenvalue weighted by atomic mass is 15.2. The molecule has 0 aliphatic carbocycles. The number of likely N-dealkylation sites (N-methyl/N-ethyl adjacent to an activating group) is 2. The summed E-state index contributed by atoms with van der Waals surface area (Å²) in [5.74, 6) is 0.910. The summed E-state index contributed by atoms with van der Waals surface area (Å²) in [5.41, 5.74) is 0. The first-order chi connectivity index (χ1) is 5.76. The zero-order valence-corrected chi connectivity index (χ0v) is 8.33. The minimum absolute atomic E-state index is 0.910. The molecule has 0 amide bonds. The van der Waals surface area contributed by atoms with Crippen LogP contribution in [0.4, 0.5) is 0 Å². The van der Waals surface area contributed by atoms with Crippen LogP contribution in [0, 0.1) is 0 Å². The number of rotatable bonds is 4. The third-order valence-corrected chi connectivity index (χ3v) is 1.56. The molecular weight excluding hydrogens is 152 g/mol. The van der Waals surface area contributed by atoms with Gasteiger partial charge in [0.15, 0.2) is 0 Å². The fourth-order valence-corrected chi connectivity index (χ4v) is 0.837. The first kappa shape index (κ1) is 11.1. The molecule has 0 aliphatic rings. The summed E-state index contributed by atoms with van der Waals surface area (Å²) in [4.78, 5) is 10.1. The monoisotopic (exact) mass is 170 g/mol. The smallest absolute Gasteiger partial charge is 0.141 e. The van der Waals surface area contributed by atoms with Crippen molar-refractivity contribution in [2.45, 2.75) is 0 Å². The number of nitrogens with zero attached hydrogens (tertiary/aromatic N) is 3. The summed E-state index contributed by atoms with van der Waals surface area (Å²) in [6.45, 7) is 1.89. The Morgan fingerprint density at radius 1 is 1.50 bits per heavy atom. The molecule has 0 unspecified atom stereocenters. The number of amidine groups is 1. The van der Waals surface area contributed by atoms with E-state index in [2.05, 4.69) is 20.2 Å². The van der Waals surface area contributed by atoms with E-state index in [1.54, 1.807) is 20.3 Å². The Morgan fingerprint density at radius 2 is 2.17 bits per heavy atom. The highest BCUT2D eigenvalue weighted by Crippen LogP contribution is 1.83. The molecule has 12 heavy (non-hydrogen) atoms. The van der Waals surface area contributed by atoms with Gasteiger partial charge in [-0.3, -0.25) is 9.98 Å². The summed E-state index contributed by atoms with van der Waals surface area (Å²) < 4.78 is 0. The van der Waals surface area contributed by atoms with Crippen LogP contribution in [-0.2, 0) is 0 Å². The van der Waals surface area contributed by atoms with E-state index in [-0.39, 0.29) is 0 Å². The molecule has 0 atom stereocenters. The van der Waals surface area contributed by atoms with E-state index in [0.717, 1.165) is 18.9 Å². The summed E-state index contributed by atoms with van der Waals surface area (Å²) in [5, 5.41) is 3.08. The lowest BCUT2D eigenvalue weighted by atomic mass is 10.5. The minimum Gasteiger partial charge on any atom is -0.357 e. The van der Waals surface area contributed by atoms with Gasteiger partial charge in [0.1, 0.15) is 5.84 Å². The second kappa shape index (κ2) is 6.79. The van der Waals surface area contributed by atoms with Gasteiger partial charge < -0.3 is 10.2 Å². The van der Waals surface area contributed by atoms with E-state index in [1.807, 2.05) is 14.1 Å². The van der Waals surface area contributed by atoms with Gasteiger partial charge in [-0.1, -0.05) is 0 Å². The minimum atomic E-state index is 0.910. The summed E-state index contributed by atoms with van der Waals surface area (Å²) >= 11 is 0. The molecule has 4 nitrogen and oxygen atoms in total. The maximum Gasteiger partial charge on any atom is 0.141 e. The van der Waals surface area contributed by atoms with Gasteiger partial charge >= 0.3 is 0 Å². The maximum absolute atomic E-state index is 4.10. The Labute approximate surface area is 74.4 Å². The van der Waals surface area contributed by atoms with Crippen molar-refractivity contribution in [2.24, 2.45) is 9.98 Å². The Bertz CT molecular complexity index is 162. The average Bonchev–Trinajstić information content (AvgIpc) is 2.10.